The van der Waals surface area contributed by atoms with Crippen LogP contribution in [0.1, 0.15) is 46.0 Å². The maximum Gasteiger partial charge on any atom is 0.307 e. The van der Waals surface area contributed by atoms with Gasteiger partial charge in [0.15, 0.2) is 0 Å². The topological polar surface area (TPSA) is 40.5 Å². The van der Waals surface area contributed by atoms with Crippen molar-refractivity contribution in [3.8, 4) is 0 Å². The molecule has 1 saturated carbocycles. The van der Waals surface area contributed by atoms with Crippen molar-refractivity contribution in [3.63, 3.8) is 0 Å². The number of nitrogens with zero attached hydrogens (tertiary/aromatic N) is 1. The van der Waals surface area contributed by atoms with Gasteiger partial charge in [-0.3, -0.25) is 9.69 Å². The van der Waals surface area contributed by atoms with E-state index in [1.165, 1.54) is 25.7 Å². The average Bonchev–Trinajstić information content (AvgIpc) is 2.65. The van der Waals surface area contributed by atoms with Crippen molar-refractivity contribution in [2.24, 2.45) is 11.3 Å². The van der Waals surface area contributed by atoms with Crippen LogP contribution in [0, 0.1) is 11.3 Å². The largest absolute Gasteiger partial charge is 0.481 e. The van der Waals surface area contributed by atoms with Crippen LogP contribution in [0.5, 0.6) is 0 Å². The summed E-state index contributed by atoms with van der Waals surface area (Å²) in [6, 6.07) is 0.602. The molecule has 0 aromatic carbocycles. The van der Waals surface area contributed by atoms with Crippen molar-refractivity contribution in [2.45, 2.75) is 52.0 Å². The first-order chi connectivity index (χ1) is 7.50. The fraction of sp³-hybridized carbons (Fsp3) is 0.923. The third-order valence-electron chi connectivity index (χ3n) is 4.46. The molecule has 16 heavy (non-hydrogen) atoms. The molecule has 0 radical (unpaired) electrons. The molecule has 0 aromatic rings. The Labute approximate surface area is 97.8 Å². The molecule has 2 aliphatic rings. The van der Waals surface area contributed by atoms with Crippen LogP contribution < -0.4 is 0 Å². The van der Waals surface area contributed by atoms with E-state index in [9.17, 15) is 4.79 Å². The highest BCUT2D eigenvalue weighted by Gasteiger charge is 2.40. The number of aliphatic carboxylic acids is 1. The summed E-state index contributed by atoms with van der Waals surface area (Å²) >= 11 is 0. The SMILES string of the molecule is CC1(C)CCCCC1N1CCC(C(=O)O)C1. The Morgan fingerprint density at radius 1 is 1.31 bits per heavy atom. The van der Waals surface area contributed by atoms with Gasteiger partial charge in [-0.2, -0.15) is 0 Å². The molecule has 1 N–H and O–H groups in total. The van der Waals surface area contributed by atoms with Crippen molar-refractivity contribution < 1.29 is 9.90 Å². The highest BCUT2D eigenvalue weighted by molar-refractivity contribution is 5.70. The monoisotopic (exact) mass is 225 g/mol. The summed E-state index contributed by atoms with van der Waals surface area (Å²) in [7, 11) is 0. The second kappa shape index (κ2) is 4.36. The molecule has 0 bridgehead atoms. The zero-order valence-electron chi connectivity index (χ0n) is 10.4. The molecule has 3 nitrogen and oxygen atoms in total. The summed E-state index contributed by atoms with van der Waals surface area (Å²) in [5.41, 5.74) is 0.367. The quantitative estimate of drug-likeness (QED) is 0.784. The van der Waals surface area contributed by atoms with Gasteiger partial charge in [-0.25, -0.2) is 0 Å². The second-order valence-electron chi connectivity index (χ2n) is 6.07. The minimum atomic E-state index is -0.615. The maximum atomic E-state index is 11.0. The van der Waals surface area contributed by atoms with Gasteiger partial charge < -0.3 is 5.11 Å². The lowest BCUT2D eigenvalue weighted by Crippen LogP contribution is -2.46. The van der Waals surface area contributed by atoms with Gasteiger partial charge in [0.25, 0.3) is 0 Å². The molecule has 92 valence electrons. The van der Waals surface area contributed by atoms with Crippen LogP contribution in [-0.2, 0) is 4.79 Å². The number of carbonyl (C=O) groups is 1. The van der Waals surface area contributed by atoms with Crippen molar-refractivity contribution in [1.29, 1.82) is 0 Å². The number of carboxylic acid groups (broad SMARTS) is 1. The zero-order valence-corrected chi connectivity index (χ0v) is 10.4. The summed E-state index contributed by atoms with van der Waals surface area (Å²) in [5, 5.41) is 9.03. The third-order valence-corrected chi connectivity index (χ3v) is 4.46. The molecular weight excluding hydrogens is 202 g/mol. The van der Waals surface area contributed by atoms with Crippen LogP contribution in [-0.4, -0.2) is 35.1 Å². The van der Waals surface area contributed by atoms with Gasteiger partial charge in [0.2, 0.25) is 0 Å². The van der Waals surface area contributed by atoms with E-state index in [0.29, 0.717) is 11.5 Å². The lowest BCUT2D eigenvalue weighted by Gasteiger charge is -2.44. The van der Waals surface area contributed by atoms with Crippen LogP contribution in [0.2, 0.25) is 0 Å². The second-order valence-corrected chi connectivity index (χ2v) is 6.07. The summed E-state index contributed by atoms with van der Waals surface area (Å²) in [4.78, 5) is 13.4. The zero-order chi connectivity index (χ0) is 11.8. The molecule has 2 rings (SSSR count). The van der Waals surface area contributed by atoms with Crippen LogP contribution in [0.15, 0.2) is 0 Å². The van der Waals surface area contributed by atoms with Crippen LogP contribution in [0.4, 0.5) is 0 Å². The summed E-state index contributed by atoms with van der Waals surface area (Å²) < 4.78 is 0. The first kappa shape index (κ1) is 11.9. The minimum Gasteiger partial charge on any atom is -0.481 e. The van der Waals surface area contributed by atoms with E-state index in [0.717, 1.165) is 19.5 Å². The Hall–Kier alpha value is -0.570. The summed E-state index contributed by atoms with van der Waals surface area (Å²) in [6.45, 7) is 6.42. The van der Waals surface area contributed by atoms with E-state index in [-0.39, 0.29) is 5.92 Å². The molecule has 2 fully saturated rings. The van der Waals surface area contributed by atoms with Gasteiger partial charge in [-0.1, -0.05) is 26.7 Å². The van der Waals surface area contributed by atoms with Crippen molar-refractivity contribution in [2.75, 3.05) is 13.1 Å². The Bertz CT molecular complexity index is 275. The maximum absolute atomic E-state index is 11.0. The number of likely N-dealkylation sites (tertiary alicyclic amines) is 1. The first-order valence-corrected chi connectivity index (χ1v) is 6.47. The Morgan fingerprint density at radius 3 is 2.62 bits per heavy atom. The van der Waals surface area contributed by atoms with E-state index < -0.39 is 5.97 Å². The van der Waals surface area contributed by atoms with Crippen LogP contribution in [0.25, 0.3) is 0 Å². The molecule has 3 heteroatoms. The van der Waals surface area contributed by atoms with E-state index in [1.807, 2.05) is 0 Å². The van der Waals surface area contributed by atoms with E-state index >= 15 is 0 Å². The molecule has 1 aliphatic heterocycles. The lowest BCUT2D eigenvalue weighted by molar-refractivity contribution is -0.141. The molecule has 0 spiro atoms. The van der Waals surface area contributed by atoms with Gasteiger partial charge in [0.05, 0.1) is 5.92 Å². The van der Waals surface area contributed by atoms with Gasteiger partial charge in [-0.15, -0.1) is 0 Å². The molecule has 0 amide bonds. The smallest absolute Gasteiger partial charge is 0.307 e. The molecule has 1 heterocycles. The fourth-order valence-corrected chi connectivity index (χ4v) is 3.42. The fourth-order valence-electron chi connectivity index (χ4n) is 3.42. The predicted octanol–water partition coefficient (Wildman–Crippen LogP) is 2.36. The molecule has 1 aliphatic carbocycles. The van der Waals surface area contributed by atoms with Gasteiger partial charge in [0.1, 0.15) is 0 Å². The van der Waals surface area contributed by atoms with Crippen LogP contribution in [0.3, 0.4) is 0 Å². The number of hydrogen-bond acceptors (Lipinski definition) is 2. The van der Waals surface area contributed by atoms with Gasteiger partial charge in [-0.05, 0) is 31.2 Å². The van der Waals surface area contributed by atoms with E-state index in [1.54, 1.807) is 0 Å². The van der Waals surface area contributed by atoms with Gasteiger partial charge >= 0.3 is 5.97 Å². The molecule has 1 saturated heterocycles. The molecule has 2 atom stereocenters. The Balaban J connectivity index is 2.00. The predicted molar refractivity (Wildman–Crippen MR) is 63.4 cm³/mol. The van der Waals surface area contributed by atoms with Crippen molar-refractivity contribution >= 4 is 5.97 Å². The highest BCUT2D eigenvalue weighted by atomic mass is 16.4. The third kappa shape index (κ3) is 2.24. The van der Waals surface area contributed by atoms with Gasteiger partial charge in [0, 0.05) is 12.6 Å². The van der Waals surface area contributed by atoms with Crippen LogP contribution >= 0.6 is 0 Å². The van der Waals surface area contributed by atoms with E-state index in [4.69, 9.17) is 5.11 Å². The Kier molecular flexibility index (Phi) is 3.24. The van der Waals surface area contributed by atoms with Crippen molar-refractivity contribution in [1.82, 2.24) is 4.90 Å². The molecular formula is C13H23NO2. The van der Waals surface area contributed by atoms with Crippen molar-refractivity contribution in [3.05, 3.63) is 0 Å². The summed E-state index contributed by atoms with van der Waals surface area (Å²) in [5.74, 6) is -0.742. The lowest BCUT2D eigenvalue weighted by atomic mass is 9.72. The average molecular weight is 225 g/mol. The summed E-state index contributed by atoms with van der Waals surface area (Å²) in [6.07, 6.45) is 6.01. The standard InChI is InChI=1S/C13H23NO2/c1-13(2)7-4-3-5-11(13)14-8-6-10(9-14)12(15)16/h10-11H,3-9H2,1-2H3,(H,15,16). The number of hydrogen-bond donors (Lipinski definition) is 1. The number of rotatable bonds is 2. The Morgan fingerprint density at radius 2 is 2.06 bits per heavy atom. The van der Waals surface area contributed by atoms with E-state index in [2.05, 4.69) is 18.7 Å². The minimum absolute atomic E-state index is 0.127. The molecule has 0 aromatic heterocycles. The number of carboxylic acids is 1. The normalized spacial score (nSPS) is 35.1. The first-order valence-electron chi connectivity index (χ1n) is 6.47. The molecule has 2 unspecified atom stereocenters. The highest BCUT2D eigenvalue weighted by Crippen LogP contribution is 2.40.